The lowest BCUT2D eigenvalue weighted by atomic mass is 9.91. The molecule has 80 valence electrons. The summed E-state index contributed by atoms with van der Waals surface area (Å²) in [6.45, 7) is 0. The smallest absolute Gasteiger partial charge is 0.123 e. The zero-order valence-corrected chi connectivity index (χ0v) is 9.06. The number of carbonyl (C=O) groups excluding carboxylic acids is 1. The molecular formula is C14H18O. The first kappa shape index (κ1) is 10.4. The number of hydrogen-bond donors (Lipinski definition) is 0. The minimum Gasteiger partial charge on any atom is -0.303 e. The molecule has 1 aromatic carbocycles. The Bertz CT molecular complexity index is 304. The van der Waals surface area contributed by atoms with Crippen molar-refractivity contribution in [2.75, 3.05) is 0 Å². The Kier molecular flexibility index (Phi) is 3.54. The highest BCUT2D eigenvalue weighted by molar-refractivity contribution is 5.53. The lowest BCUT2D eigenvalue weighted by Gasteiger charge is -2.13. The van der Waals surface area contributed by atoms with Crippen LogP contribution in [0.3, 0.4) is 0 Å². The summed E-state index contributed by atoms with van der Waals surface area (Å²) in [5.74, 6) is 0.995. The van der Waals surface area contributed by atoms with E-state index in [9.17, 15) is 4.79 Å². The maximum atomic E-state index is 10.8. The van der Waals surface area contributed by atoms with Gasteiger partial charge in [0.05, 0.1) is 0 Å². The van der Waals surface area contributed by atoms with Crippen LogP contribution < -0.4 is 0 Å². The van der Waals surface area contributed by atoms with Crippen LogP contribution in [0.25, 0.3) is 0 Å². The molecule has 0 heterocycles. The van der Waals surface area contributed by atoms with Crippen molar-refractivity contribution >= 4 is 6.29 Å². The number of hydrogen-bond acceptors (Lipinski definition) is 1. The molecule has 0 bridgehead atoms. The molecular weight excluding hydrogens is 184 g/mol. The summed E-state index contributed by atoms with van der Waals surface area (Å²) in [6, 6.07) is 10.7. The molecule has 0 spiro atoms. The minimum absolute atomic E-state index is 0.318. The largest absolute Gasteiger partial charge is 0.303 e. The Morgan fingerprint density at radius 3 is 2.53 bits per heavy atom. The molecule has 15 heavy (non-hydrogen) atoms. The van der Waals surface area contributed by atoms with Crippen LogP contribution in [0, 0.1) is 5.92 Å². The zero-order chi connectivity index (χ0) is 10.5. The Morgan fingerprint density at radius 2 is 1.80 bits per heavy atom. The molecule has 0 aromatic heterocycles. The van der Waals surface area contributed by atoms with Crippen molar-refractivity contribution in [1.29, 1.82) is 0 Å². The average molecular weight is 202 g/mol. The number of rotatable bonds is 2. The van der Waals surface area contributed by atoms with E-state index in [2.05, 4.69) is 30.3 Å². The van der Waals surface area contributed by atoms with Gasteiger partial charge in [-0.25, -0.2) is 0 Å². The number of carbonyl (C=O) groups is 1. The van der Waals surface area contributed by atoms with Gasteiger partial charge < -0.3 is 4.79 Å². The second-order valence-electron chi connectivity index (χ2n) is 4.51. The fourth-order valence-electron chi connectivity index (χ4n) is 2.52. The van der Waals surface area contributed by atoms with Gasteiger partial charge in [-0.3, -0.25) is 0 Å². The van der Waals surface area contributed by atoms with E-state index in [1.165, 1.54) is 24.8 Å². The fraction of sp³-hybridized carbons (Fsp3) is 0.500. The zero-order valence-electron chi connectivity index (χ0n) is 9.06. The van der Waals surface area contributed by atoms with Gasteiger partial charge >= 0.3 is 0 Å². The third kappa shape index (κ3) is 2.68. The quantitative estimate of drug-likeness (QED) is 0.529. The predicted molar refractivity (Wildman–Crippen MR) is 61.8 cm³/mol. The third-order valence-electron chi connectivity index (χ3n) is 3.48. The SMILES string of the molecule is O=C[C@H]1CCC[C@@H](c2ccccc2)CC1. The van der Waals surface area contributed by atoms with Crippen LogP contribution in [0.1, 0.15) is 43.6 Å². The van der Waals surface area contributed by atoms with E-state index in [-0.39, 0.29) is 0 Å². The molecule has 1 aliphatic carbocycles. The lowest BCUT2D eigenvalue weighted by Crippen LogP contribution is -2.00. The normalized spacial score (nSPS) is 26.9. The summed E-state index contributed by atoms with van der Waals surface area (Å²) in [4.78, 5) is 10.8. The van der Waals surface area contributed by atoms with Gasteiger partial charge in [0.2, 0.25) is 0 Å². The minimum atomic E-state index is 0.318. The molecule has 1 aliphatic rings. The van der Waals surface area contributed by atoms with E-state index in [0.29, 0.717) is 11.8 Å². The lowest BCUT2D eigenvalue weighted by molar-refractivity contribution is -0.111. The topological polar surface area (TPSA) is 17.1 Å². The van der Waals surface area contributed by atoms with Crippen molar-refractivity contribution in [1.82, 2.24) is 0 Å². The van der Waals surface area contributed by atoms with Crippen molar-refractivity contribution in [2.45, 2.75) is 38.0 Å². The summed E-state index contributed by atoms with van der Waals surface area (Å²) in [5, 5.41) is 0. The van der Waals surface area contributed by atoms with Gasteiger partial charge in [0.15, 0.2) is 0 Å². The van der Waals surface area contributed by atoms with Crippen molar-refractivity contribution in [2.24, 2.45) is 5.92 Å². The predicted octanol–water partition coefficient (Wildman–Crippen LogP) is 3.55. The van der Waals surface area contributed by atoms with Crippen molar-refractivity contribution in [3.63, 3.8) is 0 Å². The standard InChI is InChI=1S/C14H18O/c15-11-12-5-4-8-14(10-9-12)13-6-2-1-3-7-13/h1-3,6-7,11-12,14H,4-5,8-10H2/t12-,14+/m0/s1. The van der Waals surface area contributed by atoms with Gasteiger partial charge in [-0.2, -0.15) is 0 Å². The van der Waals surface area contributed by atoms with E-state index in [0.717, 1.165) is 19.1 Å². The van der Waals surface area contributed by atoms with Crippen molar-refractivity contribution in [3.8, 4) is 0 Å². The number of aldehydes is 1. The monoisotopic (exact) mass is 202 g/mol. The molecule has 1 aromatic rings. The van der Waals surface area contributed by atoms with Gasteiger partial charge in [0, 0.05) is 5.92 Å². The first-order valence-corrected chi connectivity index (χ1v) is 5.90. The summed E-state index contributed by atoms with van der Waals surface area (Å²) in [7, 11) is 0. The highest BCUT2D eigenvalue weighted by atomic mass is 16.1. The van der Waals surface area contributed by atoms with Gasteiger partial charge in [0.25, 0.3) is 0 Å². The van der Waals surface area contributed by atoms with Crippen molar-refractivity contribution in [3.05, 3.63) is 35.9 Å². The van der Waals surface area contributed by atoms with Crippen LogP contribution in [0.4, 0.5) is 0 Å². The molecule has 2 atom stereocenters. The summed E-state index contributed by atoms with van der Waals surface area (Å²) in [6.07, 6.45) is 6.92. The van der Waals surface area contributed by atoms with E-state index in [4.69, 9.17) is 0 Å². The van der Waals surface area contributed by atoms with Gasteiger partial charge in [0.1, 0.15) is 6.29 Å². The van der Waals surface area contributed by atoms with Crippen LogP contribution in [-0.2, 0) is 4.79 Å². The maximum absolute atomic E-state index is 10.8. The summed E-state index contributed by atoms with van der Waals surface area (Å²) >= 11 is 0. The highest BCUT2D eigenvalue weighted by Crippen LogP contribution is 2.33. The van der Waals surface area contributed by atoms with Crippen LogP contribution in [0.2, 0.25) is 0 Å². The number of benzene rings is 1. The van der Waals surface area contributed by atoms with E-state index in [1.807, 2.05) is 0 Å². The molecule has 0 aliphatic heterocycles. The molecule has 0 amide bonds. The molecule has 1 nitrogen and oxygen atoms in total. The van der Waals surface area contributed by atoms with Gasteiger partial charge in [-0.05, 0) is 37.2 Å². The third-order valence-corrected chi connectivity index (χ3v) is 3.48. The highest BCUT2D eigenvalue weighted by Gasteiger charge is 2.19. The van der Waals surface area contributed by atoms with Gasteiger partial charge in [-0.15, -0.1) is 0 Å². The average Bonchev–Trinajstić information content (AvgIpc) is 2.55. The molecule has 2 rings (SSSR count). The van der Waals surface area contributed by atoms with E-state index < -0.39 is 0 Å². The molecule has 1 fully saturated rings. The summed E-state index contributed by atoms with van der Waals surface area (Å²) < 4.78 is 0. The first-order valence-electron chi connectivity index (χ1n) is 5.90. The molecule has 0 unspecified atom stereocenters. The fourth-order valence-corrected chi connectivity index (χ4v) is 2.52. The van der Waals surface area contributed by atoms with Crippen molar-refractivity contribution < 1.29 is 4.79 Å². The van der Waals surface area contributed by atoms with Gasteiger partial charge in [-0.1, -0.05) is 36.8 Å². The van der Waals surface area contributed by atoms with Crippen LogP contribution in [0.5, 0.6) is 0 Å². The Hall–Kier alpha value is -1.11. The van der Waals surface area contributed by atoms with E-state index in [1.54, 1.807) is 0 Å². The second-order valence-corrected chi connectivity index (χ2v) is 4.51. The van der Waals surface area contributed by atoms with E-state index >= 15 is 0 Å². The second kappa shape index (κ2) is 5.11. The molecule has 0 saturated heterocycles. The Labute approximate surface area is 91.5 Å². The van der Waals surface area contributed by atoms with Crippen LogP contribution in [0.15, 0.2) is 30.3 Å². The maximum Gasteiger partial charge on any atom is 0.123 e. The first-order chi connectivity index (χ1) is 7.40. The molecule has 1 saturated carbocycles. The van der Waals surface area contributed by atoms with Crippen LogP contribution >= 0.6 is 0 Å². The molecule has 0 N–H and O–H groups in total. The summed E-state index contributed by atoms with van der Waals surface area (Å²) in [5.41, 5.74) is 1.45. The molecule has 1 heteroatoms. The Balaban J connectivity index is 2.02. The van der Waals surface area contributed by atoms with Crippen LogP contribution in [-0.4, -0.2) is 6.29 Å². The molecule has 0 radical (unpaired) electrons. The Morgan fingerprint density at radius 1 is 1.00 bits per heavy atom.